The number of hydrogen-bond acceptors (Lipinski definition) is 9. The van der Waals surface area contributed by atoms with Gasteiger partial charge in [-0.1, -0.05) is 144 Å². The number of aliphatic hydroxyl groups excluding tert-OH is 1. The van der Waals surface area contributed by atoms with Crippen molar-refractivity contribution in [1.82, 2.24) is 0 Å². The summed E-state index contributed by atoms with van der Waals surface area (Å²) in [4.78, 5) is 34.8. The zero-order valence-corrected chi connectivity index (χ0v) is 35.6. The van der Waals surface area contributed by atoms with Crippen LogP contribution < -0.4 is 5.73 Å². The second-order valence-electron chi connectivity index (χ2n) is 13.7. The predicted octanol–water partition coefficient (Wildman–Crippen LogP) is 11.0. The van der Waals surface area contributed by atoms with Crippen LogP contribution in [-0.2, 0) is 32.7 Å². The first-order valence-corrected chi connectivity index (χ1v) is 22.7. The Hall–Kier alpha value is -2.85. The number of ether oxygens (including phenoxy) is 2. The lowest BCUT2D eigenvalue weighted by molar-refractivity contribution is -0.161. The zero-order chi connectivity index (χ0) is 41.2. The fraction of sp³-hybridized carbons (Fsp3) is 0.644. The summed E-state index contributed by atoms with van der Waals surface area (Å²) < 4.78 is 32.7. The maximum Gasteiger partial charge on any atom is 0.472 e. The quantitative estimate of drug-likeness (QED) is 0.0180. The molecule has 4 N–H and O–H groups in total. The normalized spacial score (nSPS) is 14.7. The highest BCUT2D eigenvalue weighted by atomic mass is 31.2. The Morgan fingerprint density at radius 3 is 1.84 bits per heavy atom. The molecule has 0 saturated heterocycles. The molecule has 0 saturated carbocycles. The van der Waals surface area contributed by atoms with Crippen molar-refractivity contribution < 1.29 is 42.7 Å². The van der Waals surface area contributed by atoms with Crippen LogP contribution in [0.5, 0.6) is 0 Å². The highest BCUT2D eigenvalue weighted by molar-refractivity contribution is 7.47. The van der Waals surface area contributed by atoms with Gasteiger partial charge in [0.05, 0.1) is 19.3 Å². The summed E-state index contributed by atoms with van der Waals surface area (Å²) in [7, 11) is -4.42. The largest absolute Gasteiger partial charge is 0.472 e. The van der Waals surface area contributed by atoms with Crippen molar-refractivity contribution in [3.05, 3.63) is 85.1 Å². The number of phosphoric ester groups is 1. The van der Waals surface area contributed by atoms with E-state index in [-0.39, 0.29) is 32.6 Å². The van der Waals surface area contributed by atoms with E-state index in [4.69, 9.17) is 24.3 Å². The molecule has 0 aliphatic rings. The minimum absolute atomic E-state index is 0.0279. The van der Waals surface area contributed by atoms with Gasteiger partial charge in [-0.15, -0.1) is 0 Å². The van der Waals surface area contributed by atoms with Crippen molar-refractivity contribution >= 4 is 19.8 Å². The van der Waals surface area contributed by atoms with Crippen molar-refractivity contribution in [2.45, 2.75) is 161 Å². The van der Waals surface area contributed by atoms with Crippen LogP contribution in [0, 0.1) is 0 Å². The average Bonchev–Trinajstić information content (AvgIpc) is 3.18. The topological polar surface area (TPSA) is 155 Å². The van der Waals surface area contributed by atoms with Gasteiger partial charge in [-0.25, -0.2) is 4.57 Å². The molecule has 0 rings (SSSR count). The summed E-state index contributed by atoms with van der Waals surface area (Å²) in [5.74, 6) is -0.951. The summed E-state index contributed by atoms with van der Waals surface area (Å²) >= 11 is 0. The van der Waals surface area contributed by atoms with Crippen LogP contribution in [0.4, 0.5) is 0 Å². The van der Waals surface area contributed by atoms with Gasteiger partial charge < -0.3 is 25.2 Å². The van der Waals surface area contributed by atoms with Gasteiger partial charge in [0.1, 0.15) is 6.61 Å². The minimum atomic E-state index is -4.42. The monoisotopic (exact) mass is 806 g/mol. The number of unbranched alkanes of at least 4 members (excludes halogenated alkanes) is 10. The maximum atomic E-state index is 12.6. The highest BCUT2D eigenvalue weighted by Crippen LogP contribution is 2.43. The molecule has 0 aromatic carbocycles. The van der Waals surface area contributed by atoms with E-state index in [0.29, 0.717) is 19.3 Å². The van der Waals surface area contributed by atoms with Crippen molar-refractivity contribution in [2.75, 3.05) is 26.4 Å². The molecule has 0 heterocycles. The molecule has 10 nitrogen and oxygen atoms in total. The molecular formula is C45H76NO9P. The van der Waals surface area contributed by atoms with Crippen molar-refractivity contribution in [1.29, 1.82) is 0 Å². The van der Waals surface area contributed by atoms with Gasteiger partial charge in [0.2, 0.25) is 0 Å². The number of rotatable bonds is 38. The molecule has 0 aliphatic carbocycles. The molecule has 0 aromatic rings. The first kappa shape index (κ1) is 53.1. The predicted molar refractivity (Wildman–Crippen MR) is 230 cm³/mol. The number of hydrogen-bond donors (Lipinski definition) is 3. The fourth-order valence-electron chi connectivity index (χ4n) is 5.21. The Labute approximate surface area is 339 Å². The van der Waals surface area contributed by atoms with Gasteiger partial charge in [0.15, 0.2) is 6.10 Å². The zero-order valence-electron chi connectivity index (χ0n) is 34.7. The van der Waals surface area contributed by atoms with Crippen LogP contribution in [0.3, 0.4) is 0 Å². The number of nitrogens with two attached hydrogens (primary N) is 1. The summed E-state index contributed by atoms with van der Waals surface area (Å²) in [6.45, 7) is 3.39. The summed E-state index contributed by atoms with van der Waals surface area (Å²) in [5.41, 5.74) is 5.33. The van der Waals surface area contributed by atoms with Crippen LogP contribution >= 0.6 is 7.82 Å². The molecule has 320 valence electrons. The lowest BCUT2D eigenvalue weighted by atomic mass is 10.1. The molecule has 0 aromatic heterocycles. The third-order valence-corrected chi connectivity index (χ3v) is 9.35. The second kappa shape index (κ2) is 40.4. The van der Waals surface area contributed by atoms with E-state index in [1.807, 2.05) is 18.2 Å². The first-order valence-electron chi connectivity index (χ1n) is 21.2. The number of esters is 2. The number of phosphoric acid groups is 1. The molecule has 0 bridgehead atoms. The summed E-state index contributed by atoms with van der Waals surface area (Å²) in [6.07, 6.45) is 46.3. The number of allylic oxidation sites excluding steroid dienone is 13. The standard InChI is InChI=1S/C45H76NO9P/c1-3-5-7-9-11-12-13-14-15-16-17-18-19-20-21-22-24-28-32-36-44(48)52-40-43(41-54-56(50,51)53-39-38-46)55-45(49)37-33-29-25-27-31-35-42(47)34-30-26-23-10-8-6-4-2/h6,8,11-12,14-15,17-18,20-21,23,26,30,34,42-43,47H,3-5,7,9-10,13,16,19,22,24-25,27-29,31-33,35-41,46H2,1-2H3,(H,50,51)/b8-6+,12-11-,15-14-,18-17-,21-20-,26-23+,34-30+/t42?,43-/m1/s1. The van der Waals surface area contributed by atoms with E-state index >= 15 is 0 Å². The lowest BCUT2D eigenvalue weighted by Crippen LogP contribution is -2.29. The molecule has 11 heteroatoms. The summed E-state index contributed by atoms with van der Waals surface area (Å²) in [6, 6.07) is 0. The second-order valence-corrected chi connectivity index (χ2v) is 15.1. The summed E-state index contributed by atoms with van der Waals surface area (Å²) in [5, 5.41) is 10.1. The van der Waals surface area contributed by atoms with E-state index in [0.717, 1.165) is 77.0 Å². The van der Waals surface area contributed by atoms with Gasteiger partial charge in [-0.2, -0.15) is 0 Å². The van der Waals surface area contributed by atoms with E-state index < -0.39 is 38.6 Å². The third-order valence-electron chi connectivity index (χ3n) is 8.37. The van der Waals surface area contributed by atoms with E-state index in [2.05, 4.69) is 74.6 Å². The Morgan fingerprint density at radius 2 is 1.20 bits per heavy atom. The van der Waals surface area contributed by atoms with E-state index in [1.54, 1.807) is 6.08 Å². The lowest BCUT2D eigenvalue weighted by Gasteiger charge is -2.19. The van der Waals surface area contributed by atoms with Crippen LogP contribution in [0.1, 0.15) is 149 Å². The van der Waals surface area contributed by atoms with Crippen molar-refractivity contribution in [3.8, 4) is 0 Å². The highest BCUT2D eigenvalue weighted by Gasteiger charge is 2.26. The maximum absolute atomic E-state index is 12.6. The third kappa shape index (κ3) is 39.4. The molecule has 0 radical (unpaired) electrons. The van der Waals surface area contributed by atoms with Crippen molar-refractivity contribution in [3.63, 3.8) is 0 Å². The molecule has 2 unspecified atom stereocenters. The van der Waals surface area contributed by atoms with Gasteiger partial charge in [0, 0.05) is 19.4 Å². The first-order chi connectivity index (χ1) is 27.2. The Balaban J connectivity index is 4.33. The van der Waals surface area contributed by atoms with Gasteiger partial charge in [-0.05, 0) is 77.0 Å². The van der Waals surface area contributed by atoms with Gasteiger partial charge in [-0.3, -0.25) is 18.6 Å². The molecular weight excluding hydrogens is 729 g/mol. The number of aliphatic hydroxyl groups is 1. The Kier molecular flexibility index (Phi) is 38.3. The molecule has 0 aliphatic heterocycles. The van der Waals surface area contributed by atoms with E-state index in [1.165, 1.54) is 25.7 Å². The number of carbonyl (C=O) groups excluding carboxylic acids is 2. The van der Waals surface area contributed by atoms with E-state index in [9.17, 15) is 24.2 Å². The average molecular weight is 806 g/mol. The fourth-order valence-corrected chi connectivity index (χ4v) is 5.98. The van der Waals surface area contributed by atoms with Crippen LogP contribution in [-0.4, -0.2) is 60.5 Å². The van der Waals surface area contributed by atoms with Crippen molar-refractivity contribution in [2.24, 2.45) is 5.73 Å². The van der Waals surface area contributed by atoms with Crippen LogP contribution in [0.2, 0.25) is 0 Å². The Morgan fingerprint density at radius 1 is 0.643 bits per heavy atom. The van der Waals surface area contributed by atoms with Gasteiger partial charge >= 0.3 is 19.8 Å². The van der Waals surface area contributed by atoms with Crippen LogP contribution in [0.15, 0.2) is 85.1 Å². The molecule has 0 amide bonds. The molecule has 56 heavy (non-hydrogen) atoms. The Bertz CT molecular complexity index is 1210. The molecule has 0 spiro atoms. The SMILES string of the molecule is CC/C=C/C/C=C/C=C/C(O)CCCCCCCC(=O)O[C@H](COC(=O)CCCCC/C=C\C/C=C\C/C=C\C/C=C\CCCCC)COP(=O)(O)OCCN. The van der Waals surface area contributed by atoms with Crippen LogP contribution in [0.25, 0.3) is 0 Å². The molecule has 3 atom stereocenters. The number of carbonyl (C=O) groups is 2. The minimum Gasteiger partial charge on any atom is -0.462 e. The molecule has 0 fully saturated rings. The smallest absolute Gasteiger partial charge is 0.462 e. The van der Waals surface area contributed by atoms with Gasteiger partial charge in [0.25, 0.3) is 0 Å².